The molecule has 0 spiro atoms. The zero-order chi connectivity index (χ0) is 12.8. The average Bonchev–Trinajstić information content (AvgIpc) is 2.24. The average molecular weight is 340 g/mol. The van der Waals surface area contributed by atoms with E-state index in [-0.39, 0.29) is 44.3 Å². The zero-order valence-electron chi connectivity index (χ0n) is 9.82. The van der Waals surface area contributed by atoms with Gasteiger partial charge in [0.2, 0.25) is 0 Å². The van der Waals surface area contributed by atoms with Crippen LogP contribution in [0.5, 0.6) is 0 Å². The van der Waals surface area contributed by atoms with Gasteiger partial charge in [-0.15, -0.1) is 0 Å². The van der Waals surface area contributed by atoms with Crippen molar-refractivity contribution in [2.24, 2.45) is 0 Å². The summed E-state index contributed by atoms with van der Waals surface area (Å²) in [4.78, 5) is 31.6. The summed E-state index contributed by atoms with van der Waals surface area (Å²) in [6, 6.07) is 0. The van der Waals surface area contributed by atoms with Crippen molar-refractivity contribution in [1.29, 1.82) is 0 Å². The molecule has 1 aromatic heterocycles. The Kier molecular flexibility index (Phi) is 7.91. The molecule has 0 aromatic carbocycles. The van der Waals surface area contributed by atoms with Gasteiger partial charge in [0.15, 0.2) is 5.16 Å². The summed E-state index contributed by atoms with van der Waals surface area (Å²) in [6.45, 7) is 12.0. The monoisotopic (exact) mass is 340 g/mol. The maximum atomic E-state index is 11.4. The van der Waals surface area contributed by atoms with E-state index in [2.05, 4.69) is 27.1 Å². The van der Waals surface area contributed by atoms with Gasteiger partial charge in [0, 0.05) is 45.0 Å². The van der Waals surface area contributed by atoms with Crippen LogP contribution in [0, 0.1) is 20.4 Å². The van der Waals surface area contributed by atoms with E-state index in [0.717, 1.165) is 0 Å². The van der Waals surface area contributed by atoms with Crippen LogP contribution in [0.4, 0.5) is 5.69 Å². The van der Waals surface area contributed by atoms with E-state index < -0.39 is 5.56 Å². The second-order valence-corrected chi connectivity index (χ2v) is 4.20. The first-order valence-electron chi connectivity index (χ1n) is 4.75. The van der Waals surface area contributed by atoms with Crippen molar-refractivity contribution < 1.29 is 37.5 Å². The first kappa shape index (κ1) is 17.2. The number of hydrogen-bond donors (Lipinski definition) is 2. The maximum absolute atomic E-state index is 11.4. The minimum absolute atomic E-state index is 0. The van der Waals surface area contributed by atoms with Gasteiger partial charge in [-0.25, -0.2) is 9.83 Å². The molecule has 18 heavy (non-hydrogen) atoms. The molecule has 1 rings (SSSR count). The third-order valence-corrected chi connectivity index (χ3v) is 2.70. The number of H-pyrrole nitrogens is 1. The van der Waals surface area contributed by atoms with E-state index in [1.165, 1.54) is 11.8 Å². The Balaban J connectivity index is 0.00000289. The van der Waals surface area contributed by atoms with E-state index in [1.54, 1.807) is 6.92 Å². The summed E-state index contributed by atoms with van der Waals surface area (Å²) in [5.41, 5.74) is -0.0101. The molecule has 0 saturated carbocycles. The van der Waals surface area contributed by atoms with E-state index in [1.807, 2.05) is 0 Å². The zero-order valence-corrected chi connectivity index (χ0v) is 13.5. The summed E-state index contributed by atoms with van der Waals surface area (Å²) < 4.78 is 0. The molecule has 0 saturated heterocycles. The van der Waals surface area contributed by atoms with Crippen LogP contribution in [0.2, 0.25) is 0 Å². The molecule has 0 bridgehead atoms. The van der Waals surface area contributed by atoms with Gasteiger partial charge in [-0.2, -0.15) is 0 Å². The molecular formula is C10H11N4O2SY-. The molecule has 0 aliphatic rings. The normalized spacial score (nSPS) is 9.11. The molecule has 1 radical (unpaired) electrons. The summed E-state index contributed by atoms with van der Waals surface area (Å²) in [5.74, 6) is 0.229. The van der Waals surface area contributed by atoms with E-state index in [9.17, 15) is 9.59 Å². The first-order valence-corrected chi connectivity index (χ1v) is 5.74. The number of aromatic nitrogens is 2. The van der Waals surface area contributed by atoms with Gasteiger partial charge in [-0.05, 0) is 6.92 Å². The van der Waals surface area contributed by atoms with Crippen LogP contribution in [0.15, 0.2) is 9.95 Å². The Morgan fingerprint density at radius 3 is 2.83 bits per heavy atom. The van der Waals surface area contributed by atoms with Crippen molar-refractivity contribution in [2.75, 3.05) is 12.3 Å². The molecule has 0 aliphatic carbocycles. The quantitative estimate of drug-likeness (QED) is 0.365. The Morgan fingerprint density at radius 2 is 2.33 bits per heavy atom. The van der Waals surface area contributed by atoms with Gasteiger partial charge >= 0.3 is 0 Å². The molecule has 1 amide bonds. The van der Waals surface area contributed by atoms with E-state index >= 15 is 0 Å². The number of aromatic amines is 1. The molecule has 1 aromatic rings. The molecule has 0 fully saturated rings. The third-order valence-electron chi connectivity index (χ3n) is 1.82. The van der Waals surface area contributed by atoms with Crippen LogP contribution in [0.3, 0.4) is 0 Å². The van der Waals surface area contributed by atoms with Crippen molar-refractivity contribution >= 4 is 23.4 Å². The molecule has 93 valence electrons. The number of aryl methyl sites for hydroxylation is 1. The van der Waals surface area contributed by atoms with Crippen molar-refractivity contribution in [1.82, 2.24) is 15.3 Å². The predicted octanol–water partition coefficient (Wildman–Crippen LogP) is 0.669. The Bertz CT molecular complexity index is 524. The minimum Gasteiger partial charge on any atom is -0.380 e. The maximum Gasteiger partial charge on any atom is 0.271 e. The van der Waals surface area contributed by atoms with Crippen molar-refractivity contribution in [2.45, 2.75) is 12.1 Å². The van der Waals surface area contributed by atoms with Crippen LogP contribution >= 0.6 is 11.8 Å². The largest absolute Gasteiger partial charge is 0.380 e. The van der Waals surface area contributed by atoms with E-state index in [4.69, 9.17) is 6.57 Å². The number of carbonyl (C=O) groups excluding carboxylic acids is 1. The number of hydrogen-bond acceptors (Lipinski definition) is 4. The van der Waals surface area contributed by atoms with E-state index in [0.29, 0.717) is 23.1 Å². The smallest absolute Gasteiger partial charge is 0.271 e. The summed E-state index contributed by atoms with van der Waals surface area (Å²) >= 11 is 1.30. The number of rotatable bonds is 4. The summed E-state index contributed by atoms with van der Waals surface area (Å²) in [5, 5.41) is 2.97. The molecule has 0 unspecified atom stereocenters. The molecule has 0 aliphatic heterocycles. The fourth-order valence-corrected chi connectivity index (χ4v) is 1.86. The molecule has 0 atom stereocenters. The SMILES string of the molecule is [C-]#[N+]c1c(C)nc(SCCNC([CH2-])=O)[nH]c1=O.[Y]. The fraction of sp³-hybridized carbons (Fsp3) is 0.300. The second kappa shape index (κ2) is 8.30. The van der Waals surface area contributed by atoms with Gasteiger partial charge in [-0.1, -0.05) is 11.8 Å². The molecule has 6 nitrogen and oxygen atoms in total. The van der Waals surface area contributed by atoms with Crippen LogP contribution in [0.1, 0.15) is 5.69 Å². The fourth-order valence-electron chi connectivity index (χ4n) is 1.09. The molecule has 8 heteroatoms. The van der Waals surface area contributed by atoms with Gasteiger partial charge in [0.1, 0.15) is 0 Å². The standard InChI is InChI=1S/C10H11N4O2S.Y/c1-6-8(11-3)9(16)14-10(13-6)17-5-4-12-7(2)15;/h2,4-5H2,1H3,(H,12,15)(H,13,14,16);/q-1;. The summed E-state index contributed by atoms with van der Waals surface area (Å²) in [7, 11) is 0. The Hall–Kier alpha value is -0.836. The van der Waals surface area contributed by atoms with Gasteiger partial charge in [0.25, 0.3) is 11.2 Å². The summed E-state index contributed by atoms with van der Waals surface area (Å²) in [6.07, 6.45) is 0. The topological polar surface area (TPSA) is 79.2 Å². The molecule has 1 heterocycles. The number of carbonyl (C=O) groups is 1. The van der Waals surface area contributed by atoms with Crippen molar-refractivity contribution in [3.63, 3.8) is 0 Å². The number of amides is 1. The Morgan fingerprint density at radius 1 is 1.67 bits per heavy atom. The van der Waals surface area contributed by atoms with Gasteiger partial charge in [-0.3, -0.25) is 4.79 Å². The van der Waals surface area contributed by atoms with Gasteiger partial charge < -0.3 is 22.0 Å². The third kappa shape index (κ3) is 5.21. The minimum atomic E-state index is -0.434. The second-order valence-electron chi connectivity index (χ2n) is 3.12. The van der Waals surface area contributed by atoms with Crippen LogP contribution in [0.25, 0.3) is 4.85 Å². The van der Waals surface area contributed by atoms with Gasteiger partial charge in [0.05, 0.1) is 18.2 Å². The molecule has 2 N–H and O–H groups in total. The van der Waals surface area contributed by atoms with Crippen molar-refractivity contribution in [3.05, 3.63) is 34.4 Å². The van der Waals surface area contributed by atoms with Crippen molar-refractivity contribution in [3.8, 4) is 0 Å². The molecular weight excluding hydrogens is 329 g/mol. The predicted molar refractivity (Wildman–Crippen MR) is 64.9 cm³/mol. The number of thioether (sulfide) groups is 1. The number of nitrogens with one attached hydrogen (secondary N) is 2. The van der Waals surface area contributed by atoms with Crippen LogP contribution in [-0.2, 0) is 37.5 Å². The number of nitrogens with zero attached hydrogens (tertiary/aromatic N) is 2. The van der Waals surface area contributed by atoms with Crippen LogP contribution in [-0.4, -0.2) is 28.2 Å². The first-order chi connectivity index (χ1) is 8.04. The van der Waals surface area contributed by atoms with Crippen LogP contribution < -0.4 is 10.9 Å². The Labute approximate surface area is 134 Å².